The molecule has 0 heterocycles. The molecule has 0 bridgehead atoms. The maximum absolute atomic E-state index is 12.0. The third-order valence-electron chi connectivity index (χ3n) is 3.73. The van der Waals surface area contributed by atoms with Crippen molar-refractivity contribution in [2.24, 2.45) is 0 Å². The fraction of sp³-hybridized carbons (Fsp3) is 0.235. The van der Waals surface area contributed by atoms with Gasteiger partial charge in [-0.1, -0.05) is 24.3 Å². The molecule has 1 amide bonds. The third-order valence-corrected chi connectivity index (χ3v) is 4.89. The Hall–Kier alpha value is -2.62. The predicted octanol–water partition coefficient (Wildman–Crippen LogP) is 0.994. The number of hydrogen-bond donors (Lipinski definition) is 3. The van der Waals surface area contributed by atoms with E-state index in [1.165, 1.54) is 5.48 Å². The Morgan fingerprint density at radius 2 is 1.62 bits per heavy atom. The second-order valence-electron chi connectivity index (χ2n) is 5.56. The topological polar surface area (TPSA) is 116 Å². The lowest BCUT2D eigenvalue weighted by molar-refractivity contribution is -0.137. The fourth-order valence-electron chi connectivity index (χ4n) is 2.35. The van der Waals surface area contributed by atoms with Gasteiger partial charge in [0.25, 0.3) is 5.91 Å². The molecule has 0 saturated heterocycles. The van der Waals surface area contributed by atoms with Crippen LogP contribution in [-0.4, -0.2) is 50.7 Å². The Balaban J connectivity index is 2.28. The monoisotopic (exact) mass is 380 g/mol. The molecule has 9 heteroatoms. The van der Waals surface area contributed by atoms with Gasteiger partial charge >= 0.3 is 0 Å². The smallest absolute Gasteiger partial charge is 0.274 e. The van der Waals surface area contributed by atoms with Gasteiger partial charge in [0.2, 0.25) is 10.0 Å². The first kappa shape index (κ1) is 19.7. The zero-order chi connectivity index (χ0) is 19.3. The maximum atomic E-state index is 12.0. The molecule has 1 atom stereocenters. The van der Waals surface area contributed by atoms with Crippen LogP contribution in [0.1, 0.15) is 0 Å². The Kier molecular flexibility index (Phi) is 6.19. The van der Waals surface area contributed by atoms with Gasteiger partial charge in [-0.2, -0.15) is 0 Å². The van der Waals surface area contributed by atoms with E-state index in [0.717, 1.165) is 27.4 Å². The standard InChI is InChI=1S/C17H20N2O6S/c1-25-15-9-5-13(6-10-15)12-3-7-14(8-4-12)19(26(2,23)24)11-16(20)17(21)18-22/h3-10,16,20,22H,11H2,1-2H3,(H,18,21)/t16-/m0/s1. The van der Waals surface area contributed by atoms with Crippen molar-refractivity contribution < 1.29 is 28.3 Å². The first-order chi connectivity index (χ1) is 12.3. The lowest BCUT2D eigenvalue weighted by Gasteiger charge is -2.24. The summed E-state index contributed by atoms with van der Waals surface area (Å²) < 4.78 is 30.0. The van der Waals surface area contributed by atoms with Crippen molar-refractivity contribution >= 4 is 21.6 Å². The lowest BCUT2D eigenvalue weighted by Crippen LogP contribution is -2.44. The Bertz CT molecular complexity index is 850. The van der Waals surface area contributed by atoms with Gasteiger partial charge in [0, 0.05) is 0 Å². The van der Waals surface area contributed by atoms with E-state index in [9.17, 15) is 18.3 Å². The second kappa shape index (κ2) is 8.17. The summed E-state index contributed by atoms with van der Waals surface area (Å²) in [5.41, 5.74) is 3.36. The summed E-state index contributed by atoms with van der Waals surface area (Å²) in [7, 11) is -2.17. The minimum absolute atomic E-state index is 0.287. The number of anilines is 1. The zero-order valence-electron chi connectivity index (χ0n) is 14.3. The molecule has 0 aliphatic rings. The van der Waals surface area contributed by atoms with Crippen LogP contribution < -0.4 is 14.5 Å². The van der Waals surface area contributed by atoms with Crippen molar-refractivity contribution in [3.05, 3.63) is 48.5 Å². The number of rotatable bonds is 7. The highest BCUT2D eigenvalue weighted by atomic mass is 32.2. The quantitative estimate of drug-likeness (QED) is 0.487. The van der Waals surface area contributed by atoms with Gasteiger partial charge in [0.1, 0.15) is 5.75 Å². The Morgan fingerprint density at radius 3 is 2.04 bits per heavy atom. The van der Waals surface area contributed by atoms with Gasteiger partial charge in [-0.25, -0.2) is 13.9 Å². The van der Waals surface area contributed by atoms with Crippen LogP contribution in [-0.2, 0) is 14.8 Å². The molecule has 0 unspecified atom stereocenters. The van der Waals surface area contributed by atoms with E-state index in [2.05, 4.69) is 0 Å². The molecule has 0 spiro atoms. The summed E-state index contributed by atoms with van der Waals surface area (Å²) in [6, 6.07) is 14.0. The normalized spacial score (nSPS) is 12.3. The van der Waals surface area contributed by atoms with E-state index < -0.39 is 28.6 Å². The van der Waals surface area contributed by atoms with Crippen molar-refractivity contribution in [2.45, 2.75) is 6.10 Å². The van der Waals surface area contributed by atoms with E-state index in [0.29, 0.717) is 0 Å². The number of nitrogens with zero attached hydrogens (tertiary/aromatic N) is 1. The second-order valence-corrected chi connectivity index (χ2v) is 7.47. The molecule has 2 rings (SSSR count). The van der Waals surface area contributed by atoms with E-state index >= 15 is 0 Å². The Labute approximate surface area is 151 Å². The van der Waals surface area contributed by atoms with Crippen LogP contribution in [0.4, 0.5) is 5.69 Å². The number of amides is 1. The highest BCUT2D eigenvalue weighted by Crippen LogP contribution is 2.26. The van der Waals surface area contributed by atoms with Gasteiger partial charge in [-0.05, 0) is 35.4 Å². The predicted molar refractivity (Wildman–Crippen MR) is 96.6 cm³/mol. The number of methoxy groups -OCH3 is 1. The highest BCUT2D eigenvalue weighted by molar-refractivity contribution is 7.92. The number of ether oxygens (including phenoxy) is 1. The molecule has 0 saturated carbocycles. The number of aliphatic hydroxyl groups is 1. The van der Waals surface area contributed by atoms with Crippen LogP contribution in [0.3, 0.4) is 0 Å². The van der Waals surface area contributed by atoms with Gasteiger partial charge in [0.05, 0.1) is 25.6 Å². The summed E-state index contributed by atoms with van der Waals surface area (Å²) in [4.78, 5) is 11.3. The SMILES string of the molecule is COc1ccc(-c2ccc(N(C[C@H](O)C(=O)NO)S(C)(=O)=O)cc2)cc1. The molecular weight excluding hydrogens is 360 g/mol. The largest absolute Gasteiger partial charge is 0.497 e. The van der Waals surface area contributed by atoms with E-state index in [4.69, 9.17) is 9.94 Å². The van der Waals surface area contributed by atoms with Crippen LogP contribution in [0, 0.1) is 0 Å². The number of benzene rings is 2. The van der Waals surface area contributed by atoms with Crippen LogP contribution in [0.2, 0.25) is 0 Å². The number of hydrogen-bond acceptors (Lipinski definition) is 6. The van der Waals surface area contributed by atoms with Crippen LogP contribution >= 0.6 is 0 Å². The minimum Gasteiger partial charge on any atom is -0.497 e. The summed E-state index contributed by atoms with van der Waals surface area (Å²) >= 11 is 0. The number of carbonyl (C=O) groups excluding carboxylic acids is 1. The molecule has 3 N–H and O–H groups in total. The summed E-state index contributed by atoms with van der Waals surface area (Å²) in [6.45, 7) is -0.521. The van der Waals surface area contributed by atoms with Crippen molar-refractivity contribution in [1.29, 1.82) is 0 Å². The molecule has 140 valence electrons. The molecule has 0 aliphatic carbocycles. The lowest BCUT2D eigenvalue weighted by atomic mass is 10.1. The molecule has 8 nitrogen and oxygen atoms in total. The Morgan fingerprint density at radius 1 is 1.12 bits per heavy atom. The average molecular weight is 380 g/mol. The van der Waals surface area contributed by atoms with Crippen molar-refractivity contribution in [3.63, 3.8) is 0 Å². The van der Waals surface area contributed by atoms with Crippen molar-refractivity contribution in [3.8, 4) is 16.9 Å². The van der Waals surface area contributed by atoms with Crippen LogP contribution in [0.5, 0.6) is 5.75 Å². The molecule has 26 heavy (non-hydrogen) atoms. The number of carbonyl (C=O) groups is 1. The van der Waals surface area contributed by atoms with Gasteiger partial charge in [0.15, 0.2) is 6.10 Å². The molecule has 2 aromatic carbocycles. The summed E-state index contributed by atoms with van der Waals surface area (Å²) in [6.07, 6.45) is -0.746. The van der Waals surface area contributed by atoms with E-state index in [-0.39, 0.29) is 5.69 Å². The first-order valence-corrected chi connectivity index (χ1v) is 9.45. The maximum Gasteiger partial charge on any atom is 0.274 e. The zero-order valence-corrected chi connectivity index (χ0v) is 15.1. The number of aliphatic hydroxyl groups excluding tert-OH is 1. The molecule has 0 aliphatic heterocycles. The van der Waals surface area contributed by atoms with Gasteiger partial charge in [-0.3, -0.25) is 14.3 Å². The molecule has 0 fully saturated rings. The van der Waals surface area contributed by atoms with Crippen LogP contribution in [0.25, 0.3) is 11.1 Å². The third kappa shape index (κ3) is 4.72. The average Bonchev–Trinajstić information content (AvgIpc) is 2.64. The van der Waals surface area contributed by atoms with Gasteiger partial charge < -0.3 is 9.84 Å². The van der Waals surface area contributed by atoms with Crippen LogP contribution in [0.15, 0.2) is 48.5 Å². The number of nitrogens with one attached hydrogen (secondary N) is 1. The first-order valence-electron chi connectivity index (χ1n) is 7.60. The molecule has 0 radical (unpaired) electrons. The van der Waals surface area contributed by atoms with Gasteiger partial charge in [-0.15, -0.1) is 0 Å². The fourth-order valence-corrected chi connectivity index (χ4v) is 3.27. The molecular formula is C17H20N2O6S. The minimum atomic E-state index is -3.75. The van der Waals surface area contributed by atoms with Crippen molar-refractivity contribution in [2.75, 3.05) is 24.2 Å². The highest BCUT2D eigenvalue weighted by Gasteiger charge is 2.25. The molecule has 2 aromatic rings. The summed E-state index contributed by atoms with van der Waals surface area (Å²) in [5.74, 6) is -0.363. The van der Waals surface area contributed by atoms with Crippen molar-refractivity contribution in [1.82, 2.24) is 5.48 Å². The summed E-state index contributed by atoms with van der Waals surface area (Å²) in [5, 5.41) is 18.3. The molecule has 0 aromatic heterocycles. The van der Waals surface area contributed by atoms with E-state index in [1.54, 1.807) is 31.4 Å². The number of hydroxylamine groups is 1. The number of sulfonamides is 1. The van der Waals surface area contributed by atoms with E-state index in [1.807, 2.05) is 24.3 Å².